The molecule has 0 radical (unpaired) electrons. The van der Waals surface area contributed by atoms with Crippen molar-refractivity contribution in [3.8, 4) is 5.75 Å². The lowest BCUT2D eigenvalue weighted by molar-refractivity contribution is -0.116. The van der Waals surface area contributed by atoms with Crippen molar-refractivity contribution in [3.63, 3.8) is 0 Å². The van der Waals surface area contributed by atoms with Gasteiger partial charge in [-0.3, -0.25) is 14.2 Å². The maximum Gasteiger partial charge on any atom is 0.356 e. The third-order valence-electron chi connectivity index (χ3n) is 3.56. The van der Waals surface area contributed by atoms with Gasteiger partial charge in [0.25, 0.3) is 0 Å². The maximum absolute atomic E-state index is 12.0. The lowest BCUT2D eigenvalue weighted by Crippen LogP contribution is -2.19. The van der Waals surface area contributed by atoms with Gasteiger partial charge in [-0.15, -0.1) is 0 Å². The van der Waals surface area contributed by atoms with Crippen LogP contribution in [0.15, 0.2) is 48.9 Å². The van der Waals surface area contributed by atoms with Crippen molar-refractivity contribution in [2.24, 2.45) is 0 Å². The van der Waals surface area contributed by atoms with Crippen LogP contribution in [-0.2, 0) is 17.9 Å². The summed E-state index contributed by atoms with van der Waals surface area (Å²) >= 11 is 0. The minimum absolute atomic E-state index is 0.0889. The fourth-order valence-electron chi connectivity index (χ4n) is 2.38. The standard InChI is InChI=1S/C17H17N5O4/c1-26-14-4-2-3-12(7-14)9-22-10-13(8-18-22)19-16(23)11-21-6-5-15(20-21)17(24)25/h2-8,10H,9,11H2,1H3,(H,19,23)(H,24,25). The van der Waals surface area contributed by atoms with Crippen LogP contribution in [0.2, 0.25) is 0 Å². The molecule has 2 N–H and O–H groups in total. The first kappa shape index (κ1) is 17.2. The molecule has 1 aromatic carbocycles. The molecule has 0 bridgehead atoms. The molecule has 9 nitrogen and oxygen atoms in total. The van der Waals surface area contributed by atoms with E-state index in [4.69, 9.17) is 9.84 Å². The number of aromatic nitrogens is 4. The number of carboxylic acids is 1. The number of aromatic carboxylic acids is 1. The van der Waals surface area contributed by atoms with Crippen LogP contribution in [0, 0.1) is 0 Å². The van der Waals surface area contributed by atoms with Crippen LogP contribution < -0.4 is 10.1 Å². The van der Waals surface area contributed by atoms with E-state index in [0.717, 1.165) is 11.3 Å². The zero-order chi connectivity index (χ0) is 18.5. The summed E-state index contributed by atoms with van der Waals surface area (Å²) in [7, 11) is 1.61. The molecule has 134 valence electrons. The van der Waals surface area contributed by atoms with Gasteiger partial charge >= 0.3 is 5.97 Å². The van der Waals surface area contributed by atoms with Crippen LogP contribution in [0.5, 0.6) is 5.75 Å². The topological polar surface area (TPSA) is 111 Å². The monoisotopic (exact) mass is 355 g/mol. The number of methoxy groups -OCH3 is 1. The van der Waals surface area contributed by atoms with Gasteiger partial charge in [-0.05, 0) is 23.8 Å². The Morgan fingerprint density at radius 3 is 2.85 bits per heavy atom. The van der Waals surface area contributed by atoms with Gasteiger partial charge < -0.3 is 15.2 Å². The van der Waals surface area contributed by atoms with Crippen LogP contribution in [0.1, 0.15) is 16.1 Å². The molecule has 0 unspecified atom stereocenters. The van der Waals surface area contributed by atoms with Crippen molar-refractivity contribution in [1.82, 2.24) is 19.6 Å². The van der Waals surface area contributed by atoms with Gasteiger partial charge in [0.1, 0.15) is 12.3 Å². The van der Waals surface area contributed by atoms with Gasteiger partial charge in [0.2, 0.25) is 5.91 Å². The van der Waals surface area contributed by atoms with E-state index in [-0.39, 0.29) is 18.1 Å². The summed E-state index contributed by atoms with van der Waals surface area (Å²) in [6.45, 7) is 0.447. The second-order valence-corrected chi connectivity index (χ2v) is 5.53. The minimum Gasteiger partial charge on any atom is -0.497 e. The number of hydrogen-bond donors (Lipinski definition) is 2. The van der Waals surface area contributed by atoms with Crippen molar-refractivity contribution >= 4 is 17.6 Å². The molecule has 3 rings (SSSR count). The Kier molecular flexibility index (Phi) is 4.97. The highest BCUT2D eigenvalue weighted by Gasteiger charge is 2.10. The smallest absolute Gasteiger partial charge is 0.356 e. The Labute approximate surface area is 148 Å². The van der Waals surface area contributed by atoms with E-state index in [1.165, 1.54) is 16.9 Å². The quantitative estimate of drug-likeness (QED) is 0.664. The molecule has 1 amide bonds. The van der Waals surface area contributed by atoms with Crippen molar-refractivity contribution in [2.45, 2.75) is 13.1 Å². The van der Waals surface area contributed by atoms with Crippen molar-refractivity contribution in [3.05, 3.63) is 60.2 Å². The summed E-state index contributed by atoms with van der Waals surface area (Å²) in [6, 6.07) is 8.97. The van der Waals surface area contributed by atoms with Gasteiger partial charge in [0, 0.05) is 12.4 Å². The van der Waals surface area contributed by atoms with Gasteiger partial charge in [-0.2, -0.15) is 10.2 Å². The van der Waals surface area contributed by atoms with Gasteiger partial charge in [0.15, 0.2) is 5.69 Å². The molecule has 3 aromatic rings. The number of benzene rings is 1. The van der Waals surface area contributed by atoms with Crippen molar-refractivity contribution in [1.29, 1.82) is 0 Å². The van der Waals surface area contributed by atoms with E-state index >= 15 is 0 Å². The molecule has 26 heavy (non-hydrogen) atoms. The molecule has 0 aliphatic rings. The predicted molar refractivity (Wildman–Crippen MR) is 92.1 cm³/mol. The molecule has 0 saturated carbocycles. The summed E-state index contributed by atoms with van der Waals surface area (Å²) in [5.74, 6) is -0.697. The highest BCUT2D eigenvalue weighted by Crippen LogP contribution is 2.14. The average Bonchev–Trinajstić information content (AvgIpc) is 3.25. The van der Waals surface area contributed by atoms with Crippen LogP contribution in [0.25, 0.3) is 0 Å². The Balaban J connectivity index is 1.58. The normalized spacial score (nSPS) is 10.5. The SMILES string of the molecule is COc1cccc(Cn2cc(NC(=O)Cn3ccc(C(=O)O)n3)cn2)c1. The summed E-state index contributed by atoms with van der Waals surface area (Å²) in [6.07, 6.45) is 4.70. The summed E-state index contributed by atoms with van der Waals surface area (Å²) in [5.41, 5.74) is 1.45. The third-order valence-corrected chi connectivity index (χ3v) is 3.56. The fourth-order valence-corrected chi connectivity index (χ4v) is 2.38. The largest absolute Gasteiger partial charge is 0.497 e. The molecule has 9 heteroatoms. The highest BCUT2D eigenvalue weighted by atomic mass is 16.5. The molecule has 0 aliphatic carbocycles. The van der Waals surface area contributed by atoms with Crippen LogP contribution in [0.3, 0.4) is 0 Å². The van der Waals surface area contributed by atoms with Crippen molar-refractivity contribution in [2.75, 3.05) is 12.4 Å². The number of carbonyl (C=O) groups is 2. The number of amides is 1. The molecule has 2 aromatic heterocycles. The summed E-state index contributed by atoms with van der Waals surface area (Å²) in [4.78, 5) is 22.8. The predicted octanol–water partition coefficient (Wildman–Crippen LogP) is 1.47. The second kappa shape index (κ2) is 7.51. The number of rotatable bonds is 7. The minimum atomic E-state index is -1.14. The van der Waals surface area contributed by atoms with Crippen LogP contribution in [0.4, 0.5) is 5.69 Å². The third kappa shape index (κ3) is 4.26. The molecule has 0 atom stereocenters. The maximum atomic E-state index is 12.0. The fraction of sp³-hybridized carbons (Fsp3) is 0.176. The summed E-state index contributed by atoms with van der Waals surface area (Å²) in [5, 5.41) is 19.5. The number of hydrogen-bond acceptors (Lipinski definition) is 5. The number of carbonyl (C=O) groups excluding carboxylic acids is 1. The first-order valence-corrected chi connectivity index (χ1v) is 7.75. The van der Waals surface area contributed by atoms with Gasteiger partial charge in [-0.25, -0.2) is 4.79 Å². The van der Waals surface area contributed by atoms with E-state index in [0.29, 0.717) is 12.2 Å². The average molecular weight is 355 g/mol. The number of nitrogens with zero attached hydrogens (tertiary/aromatic N) is 4. The molecule has 2 heterocycles. The molecule has 0 spiro atoms. The summed E-state index contributed by atoms with van der Waals surface area (Å²) < 4.78 is 8.15. The molecule has 0 aliphatic heterocycles. The van der Waals surface area contributed by atoms with E-state index in [1.54, 1.807) is 24.2 Å². The van der Waals surface area contributed by atoms with E-state index in [2.05, 4.69) is 15.5 Å². The van der Waals surface area contributed by atoms with E-state index in [9.17, 15) is 9.59 Å². The van der Waals surface area contributed by atoms with Crippen molar-refractivity contribution < 1.29 is 19.4 Å². The molecule has 0 fully saturated rings. The number of nitrogens with one attached hydrogen (secondary N) is 1. The van der Waals surface area contributed by atoms with Crippen LogP contribution in [-0.4, -0.2) is 43.7 Å². The highest BCUT2D eigenvalue weighted by molar-refractivity contribution is 5.90. The Bertz CT molecular complexity index is 931. The lowest BCUT2D eigenvalue weighted by atomic mass is 10.2. The Morgan fingerprint density at radius 1 is 1.27 bits per heavy atom. The first-order valence-electron chi connectivity index (χ1n) is 7.75. The van der Waals surface area contributed by atoms with Gasteiger partial charge in [0.05, 0.1) is 25.5 Å². The zero-order valence-corrected chi connectivity index (χ0v) is 14.0. The Hall–Kier alpha value is -3.62. The van der Waals surface area contributed by atoms with Gasteiger partial charge in [-0.1, -0.05) is 12.1 Å². The molecule has 0 saturated heterocycles. The number of ether oxygens (including phenoxy) is 1. The number of anilines is 1. The zero-order valence-electron chi connectivity index (χ0n) is 14.0. The first-order chi connectivity index (χ1) is 12.5. The lowest BCUT2D eigenvalue weighted by Gasteiger charge is -2.05. The van der Waals surface area contributed by atoms with Crippen LogP contribution >= 0.6 is 0 Å². The van der Waals surface area contributed by atoms with E-state index < -0.39 is 5.97 Å². The second-order valence-electron chi connectivity index (χ2n) is 5.53. The Morgan fingerprint density at radius 2 is 2.12 bits per heavy atom. The van der Waals surface area contributed by atoms with E-state index in [1.807, 2.05) is 24.3 Å². The molecular weight excluding hydrogens is 338 g/mol. The number of carboxylic acid groups (broad SMARTS) is 1. The molecular formula is C17H17N5O4.